The Morgan fingerprint density at radius 3 is 2.78 bits per heavy atom. The summed E-state index contributed by atoms with van der Waals surface area (Å²) in [7, 11) is 0. The van der Waals surface area contributed by atoms with Crippen LogP contribution in [-0.2, 0) is 4.79 Å². The van der Waals surface area contributed by atoms with Crippen LogP contribution in [0.2, 0.25) is 0 Å². The van der Waals surface area contributed by atoms with Crippen molar-refractivity contribution in [2.45, 2.75) is 13.1 Å². The van der Waals surface area contributed by atoms with Gasteiger partial charge < -0.3 is 14.5 Å². The summed E-state index contributed by atoms with van der Waals surface area (Å²) >= 11 is 0. The van der Waals surface area contributed by atoms with E-state index < -0.39 is 18.7 Å². The zero-order chi connectivity index (χ0) is 16.9. The highest BCUT2D eigenvalue weighted by atomic mass is 19.4. The SMILES string of the molecule is Cc1ccc(NC(=O)C=Cc2ccco2)c(OCC(F)(F)F)c1. The van der Waals surface area contributed by atoms with E-state index in [1.54, 1.807) is 25.1 Å². The maximum absolute atomic E-state index is 12.3. The second-order valence-corrected chi connectivity index (χ2v) is 4.74. The summed E-state index contributed by atoms with van der Waals surface area (Å²) in [6.45, 7) is 0.282. The van der Waals surface area contributed by atoms with E-state index in [2.05, 4.69) is 5.32 Å². The Labute approximate surface area is 130 Å². The molecule has 1 N–H and O–H groups in total. The lowest BCUT2D eigenvalue weighted by molar-refractivity contribution is -0.153. The number of hydrogen-bond acceptors (Lipinski definition) is 3. The second kappa shape index (κ2) is 7.04. The monoisotopic (exact) mass is 325 g/mol. The number of rotatable bonds is 5. The molecule has 0 aliphatic rings. The zero-order valence-corrected chi connectivity index (χ0v) is 12.2. The van der Waals surface area contributed by atoms with Gasteiger partial charge in [-0.15, -0.1) is 0 Å². The molecule has 122 valence electrons. The van der Waals surface area contributed by atoms with Gasteiger partial charge in [-0.1, -0.05) is 6.07 Å². The molecular formula is C16H14F3NO3. The Bertz CT molecular complexity index is 691. The highest BCUT2D eigenvalue weighted by Gasteiger charge is 2.28. The van der Waals surface area contributed by atoms with Gasteiger partial charge in [0.1, 0.15) is 11.5 Å². The molecular weight excluding hydrogens is 311 g/mol. The van der Waals surface area contributed by atoms with Crippen LogP contribution in [0.4, 0.5) is 18.9 Å². The Hall–Kier alpha value is -2.70. The third-order valence-electron chi connectivity index (χ3n) is 2.73. The predicted molar refractivity (Wildman–Crippen MR) is 79.1 cm³/mol. The third kappa shape index (κ3) is 5.54. The van der Waals surface area contributed by atoms with E-state index in [4.69, 9.17) is 9.15 Å². The fourth-order valence-electron chi connectivity index (χ4n) is 1.73. The maximum atomic E-state index is 12.3. The number of carbonyl (C=O) groups is 1. The first kappa shape index (κ1) is 16.7. The van der Waals surface area contributed by atoms with Crippen molar-refractivity contribution in [3.05, 3.63) is 54.0 Å². The quantitative estimate of drug-likeness (QED) is 0.839. The summed E-state index contributed by atoms with van der Waals surface area (Å²) < 4.78 is 46.6. The van der Waals surface area contributed by atoms with Gasteiger partial charge in [-0.3, -0.25) is 4.79 Å². The van der Waals surface area contributed by atoms with Gasteiger partial charge in [0.2, 0.25) is 5.91 Å². The van der Waals surface area contributed by atoms with Crippen LogP contribution in [0.5, 0.6) is 5.75 Å². The highest BCUT2D eigenvalue weighted by Crippen LogP contribution is 2.28. The molecule has 1 aromatic heterocycles. The molecule has 2 aromatic rings. The van der Waals surface area contributed by atoms with Gasteiger partial charge >= 0.3 is 6.18 Å². The van der Waals surface area contributed by atoms with Crippen molar-refractivity contribution < 1.29 is 27.1 Å². The number of alkyl halides is 3. The largest absolute Gasteiger partial charge is 0.482 e. The van der Waals surface area contributed by atoms with E-state index in [0.717, 1.165) is 0 Å². The number of carbonyl (C=O) groups excluding carboxylic acids is 1. The zero-order valence-electron chi connectivity index (χ0n) is 12.2. The van der Waals surface area contributed by atoms with E-state index in [9.17, 15) is 18.0 Å². The molecule has 0 aliphatic heterocycles. The van der Waals surface area contributed by atoms with Crippen LogP contribution in [0.25, 0.3) is 6.08 Å². The number of amides is 1. The number of anilines is 1. The first-order chi connectivity index (χ1) is 10.8. The Morgan fingerprint density at radius 2 is 2.13 bits per heavy atom. The number of furan rings is 1. The molecule has 7 heteroatoms. The lowest BCUT2D eigenvalue weighted by Gasteiger charge is -2.14. The molecule has 23 heavy (non-hydrogen) atoms. The number of hydrogen-bond donors (Lipinski definition) is 1. The van der Waals surface area contributed by atoms with Crippen molar-refractivity contribution in [3.8, 4) is 5.75 Å². The minimum atomic E-state index is -4.45. The molecule has 0 saturated carbocycles. The molecule has 1 amide bonds. The van der Waals surface area contributed by atoms with Crippen molar-refractivity contribution in [3.63, 3.8) is 0 Å². The van der Waals surface area contributed by atoms with E-state index in [0.29, 0.717) is 11.3 Å². The van der Waals surface area contributed by atoms with Crippen molar-refractivity contribution in [2.75, 3.05) is 11.9 Å². The molecule has 0 radical (unpaired) electrons. The van der Waals surface area contributed by atoms with Crippen molar-refractivity contribution >= 4 is 17.7 Å². The van der Waals surface area contributed by atoms with Gasteiger partial charge in [-0.2, -0.15) is 13.2 Å². The van der Waals surface area contributed by atoms with Crippen LogP contribution in [0.3, 0.4) is 0 Å². The van der Waals surface area contributed by atoms with E-state index in [1.807, 2.05) is 0 Å². The minimum absolute atomic E-state index is 0.0397. The van der Waals surface area contributed by atoms with Crippen LogP contribution in [-0.4, -0.2) is 18.7 Å². The van der Waals surface area contributed by atoms with Gasteiger partial charge in [0, 0.05) is 6.08 Å². The normalized spacial score (nSPS) is 11.7. The molecule has 2 rings (SSSR count). The predicted octanol–water partition coefficient (Wildman–Crippen LogP) is 4.18. The first-order valence-electron chi connectivity index (χ1n) is 6.66. The lowest BCUT2D eigenvalue weighted by atomic mass is 10.2. The lowest BCUT2D eigenvalue weighted by Crippen LogP contribution is -2.20. The van der Waals surface area contributed by atoms with Gasteiger partial charge in [-0.25, -0.2) is 0 Å². The summed E-state index contributed by atoms with van der Waals surface area (Å²) in [6.07, 6.45) is -0.336. The summed E-state index contributed by atoms with van der Waals surface area (Å²) in [5, 5.41) is 2.48. The van der Waals surface area contributed by atoms with Crippen LogP contribution >= 0.6 is 0 Å². The average Bonchev–Trinajstić information content (AvgIpc) is 2.98. The van der Waals surface area contributed by atoms with E-state index in [1.165, 1.54) is 30.5 Å². The Kier molecular flexibility index (Phi) is 5.10. The Morgan fingerprint density at radius 1 is 1.35 bits per heavy atom. The maximum Gasteiger partial charge on any atom is 0.422 e. The van der Waals surface area contributed by atoms with Gasteiger partial charge in [0.25, 0.3) is 0 Å². The second-order valence-electron chi connectivity index (χ2n) is 4.74. The molecule has 1 heterocycles. The van der Waals surface area contributed by atoms with Gasteiger partial charge in [0.15, 0.2) is 6.61 Å². The molecule has 0 saturated heterocycles. The highest BCUT2D eigenvalue weighted by molar-refractivity contribution is 6.02. The van der Waals surface area contributed by atoms with Crippen LogP contribution in [0.1, 0.15) is 11.3 Å². The third-order valence-corrected chi connectivity index (χ3v) is 2.73. The molecule has 0 bridgehead atoms. The summed E-state index contributed by atoms with van der Waals surface area (Å²) in [5.41, 5.74) is 0.875. The first-order valence-corrected chi connectivity index (χ1v) is 6.66. The summed E-state index contributed by atoms with van der Waals surface area (Å²) in [4.78, 5) is 11.8. The summed E-state index contributed by atoms with van der Waals surface area (Å²) in [6, 6.07) is 7.90. The molecule has 0 unspecified atom stereocenters. The molecule has 1 aromatic carbocycles. The smallest absolute Gasteiger partial charge is 0.422 e. The number of benzene rings is 1. The number of nitrogens with one attached hydrogen (secondary N) is 1. The van der Waals surface area contributed by atoms with Crippen LogP contribution in [0.15, 0.2) is 47.1 Å². The molecule has 0 fully saturated rings. The molecule has 4 nitrogen and oxygen atoms in total. The van der Waals surface area contributed by atoms with Gasteiger partial charge in [0.05, 0.1) is 12.0 Å². The fourth-order valence-corrected chi connectivity index (χ4v) is 1.73. The number of ether oxygens (including phenoxy) is 1. The fraction of sp³-hybridized carbons (Fsp3) is 0.188. The molecule has 0 spiro atoms. The Balaban J connectivity index is 2.07. The van der Waals surface area contributed by atoms with E-state index >= 15 is 0 Å². The van der Waals surface area contributed by atoms with Gasteiger partial charge in [-0.05, 0) is 42.8 Å². The van der Waals surface area contributed by atoms with Crippen LogP contribution in [0, 0.1) is 6.92 Å². The summed E-state index contributed by atoms with van der Waals surface area (Å²) in [5.74, 6) is -0.0678. The standard InChI is InChI=1S/C16H14F3NO3/c1-11-4-6-13(14(9-11)23-10-16(17,18)19)20-15(21)7-5-12-3-2-8-22-12/h2-9H,10H2,1H3,(H,20,21). The number of halogens is 3. The van der Waals surface area contributed by atoms with Crippen molar-refractivity contribution in [1.29, 1.82) is 0 Å². The van der Waals surface area contributed by atoms with E-state index in [-0.39, 0.29) is 11.4 Å². The van der Waals surface area contributed by atoms with Crippen molar-refractivity contribution in [2.24, 2.45) is 0 Å². The number of aryl methyl sites for hydroxylation is 1. The minimum Gasteiger partial charge on any atom is -0.482 e. The van der Waals surface area contributed by atoms with Crippen molar-refractivity contribution in [1.82, 2.24) is 0 Å². The topological polar surface area (TPSA) is 51.5 Å². The van der Waals surface area contributed by atoms with Crippen LogP contribution < -0.4 is 10.1 Å². The molecule has 0 atom stereocenters. The average molecular weight is 325 g/mol. The molecule has 0 aliphatic carbocycles.